The summed E-state index contributed by atoms with van der Waals surface area (Å²) in [4.78, 5) is 37.3. The van der Waals surface area contributed by atoms with Gasteiger partial charge in [0, 0.05) is 4.47 Å². The van der Waals surface area contributed by atoms with E-state index in [1.165, 1.54) is 11.1 Å². The Morgan fingerprint density at radius 3 is 2.55 bits per heavy atom. The second-order valence-electron chi connectivity index (χ2n) is 7.16. The smallest absolute Gasteiger partial charge is 0.344 e. The van der Waals surface area contributed by atoms with Crippen molar-refractivity contribution >= 4 is 57.1 Å². The Hall–Kier alpha value is -3.04. The molecule has 0 radical (unpaired) electrons. The predicted molar refractivity (Wildman–Crippen MR) is 127 cm³/mol. The fourth-order valence-corrected chi connectivity index (χ4v) is 3.67. The molecule has 0 saturated carbocycles. The van der Waals surface area contributed by atoms with Crippen LogP contribution in [0.1, 0.15) is 26.3 Å². The highest BCUT2D eigenvalue weighted by atomic mass is 79.9. The van der Waals surface area contributed by atoms with Crippen molar-refractivity contribution < 1.29 is 28.6 Å². The molecule has 1 fully saturated rings. The second kappa shape index (κ2) is 10.7. The number of benzene rings is 2. The SMILES string of the molecule is CCOc1cc(/C=C2/C(=O)NN(c3ccccc3)C2=O)c(Br)c(Cl)c1OCC(=O)OC(C)C. The van der Waals surface area contributed by atoms with Crippen molar-refractivity contribution in [3.63, 3.8) is 0 Å². The predicted octanol–water partition coefficient (Wildman–Crippen LogP) is 4.29. The van der Waals surface area contributed by atoms with Crippen LogP contribution in [0.4, 0.5) is 5.69 Å². The molecule has 8 nitrogen and oxygen atoms in total. The van der Waals surface area contributed by atoms with Gasteiger partial charge < -0.3 is 14.2 Å². The molecule has 0 atom stereocenters. The molecular weight excluding hydrogens is 516 g/mol. The number of amides is 2. The molecule has 0 spiro atoms. The number of hydrazine groups is 1. The lowest BCUT2D eigenvalue weighted by atomic mass is 10.1. The third-order valence-corrected chi connectivity index (χ3v) is 5.81. The summed E-state index contributed by atoms with van der Waals surface area (Å²) in [6, 6.07) is 10.3. The summed E-state index contributed by atoms with van der Waals surface area (Å²) in [7, 11) is 0. The maximum atomic E-state index is 12.9. The van der Waals surface area contributed by atoms with E-state index in [4.69, 9.17) is 25.8 Å². The Bertz CT molecular complexity index is 1100. The number of hydrogen-bond acceptors (Lipinski definition) is 6. The number of halogens is 2. The van der Waals surface area contributed by atoms with Crippen LogP contribution in [-0.4, -0.2) is 37.1 Å². The molecule has 0 bridgehead atoms. The minimum Gasteiger partial charge on any atom is -0.490 e. The Labute approximate surface area is 204 Å². The zero-order valence-electron chi connectivity index (χ0n) is 18.2. The van der Waals surface area contributed by atoms with E-state index in [9.17, 15) is 14.4 Å². The number of nitrogens with zero attached hydrogens (tertiary/aromatic N) is 1. The maximum absolute atomic E-state index is 12.9. The van der Waals surface area contributed by atoms with Gasteiger partial charge in [0.15, 0.2) is 18.1 Å². The average molecular weight is 538 g/mol. The largest absolute Gasteiger partial charge is 0.490 e. The first kappa shape index (κ1) is 24.6. The molecule has 0 unspecified atom stereocenters. The molecule has 2 aromatic carbocycles. The molecule has 10 heteroatoms. The molecule has 1 N–H and O–H groups in total. The first-order valence-corrected chi connectivity index (χ1v) is 11.3. The first-order chi connectivity index (χ1) is 15.7. The first-order valence-electron chi connectivity index (χ1n) is 10.1. The minimum atomic E-state index is -0.556. The quantitative estimate of drug-likeness (QED) is 0.307. The molecule has 1 aliphatic heterocycles. The van der Waals surface area contributed by atoms with E-state index in [1.54, 1.807) is 51.1 Å². The summed E-state index contributed by atoms with van der Waals surface area (Å²) in [6.07, 6.45) is 1.13. The Morgan fingerprint density at radius 1 is 1.21 bits per heavy atom. The summed E-state index contributed by atoms with van der Waals surface area (Å²) in [5.74, 6) is -1.23. The zero-order chi connectivity index (χ0) is 24.1. The van der Waals surface area contributed by atoms with Gasteiger partial charge in [0.25, 0.3) is 11.8 Å². The summed E-state index contributed by atoms with van der Waals surface area (Å²) >= 11 is 9.87. The minimum absolute atomic E-state index is 0.0766. The van der Waals surface area contributed by atoms with Crippen LogP contribution >= 0.6 is 27.5 Å². The zero-order valence-corrected chi connectivity index (χ0v) is 20.5. The van der Waals surface area contributed by atoms with Crippen LogP contribution in [0.2, 0.25) is 5.02 Å². The van der Waals surface area contributed by atoms with Crippen LogP contribution in [0.5, 0.6) is 11.5 Å². The number of nitrogens with one attached hydrogen (secondary N) is 1. The maximum Gasteiger partial charge on any atom is 0.344 e. The summed E-state index contributed by atoms with van der Waals surface area (Å²) in [5, 5.41) is 1.29. The van der Waals surface area contributed by atoms with Gasteiger partial charge in [0.1, 0.15) is 10.6 Å². The molecule has 2 amide bonds. The monoisotopic (exact) mass is 536 g/mol. The number of carbonyl (C=O) groups is 3. The molecule has 1 saturated heterocycles. The van der Waals surface area contributed by atoms with Gasteiger partial charge >= 0.3 is 5.97 Å². The standard InChI is InChI=1S/C23H22BrClN2O6/c1-4-31-17-11-14(19(24)20(25)21(17)32-12-18(28)33-13(2)3)10-16-22(29)26-27(23(16)30)15-8-6-5-7-9-15/h5-11,13H,4,12H2,1-3H3,(H,26,29)/b16-10-. The Morgan fingerprint density at radius 2 is 1.91 bits per heavy atom. The molecule has 1 heterocycles. The number of carbonyl (C=O) groups excluding carboxylic acids is 3. The molecule has 1 aliphatic rings. The van der Waals surface area contributed by atoms with Gasteiger partial charge in [0.2, 0.25) is 0 Å². The summed E-state index contributed by atoms with van der Waals surface area (Å²) in [6.45, 7) is 5.17. The lowest BCUT2D eigenvalue weighted by Crippen LogP contribution is -2.35. The number of esters is 1. The van der Waals surface area contributed by atoms with E-state index in [-0.39, 0.29) is 34.8 Å². The second-order valence-corrected chi connectivity index (χ2v) is 8.33. The van der Waals surface area contributed by atoms with Crippen molar-refractivity contribution in [1.29, 1.82) is 0 Å². The van der Waals surface area contributed by atoms with E-state index in [2.05, 4.69) is 21.4 Å². The highest BCUT2D eigenvalue weighted by molar-refractivity contribution is 9.10. The van der Waals surface area contributed by atoms with E-state index < -0.39 is 17.8 Å². The molecular formula is C23H22BrClN2O6. The number of anilines is 1. The van der Waals surface area contributed by atoms with E-state index >= 15 is 0 Å². The third kappa shape index (κ3) is 5.66. The molecule has 3 rings (SSSR count). The van der Waals surface area contributed by atoms with Crippen LogP contribution in [0.3, 0.4) is 0 Å². The third-order valence-electron chi connectivity index (χ3n) is 4.36. The summed E-state index contributed by atoms with van der Waals surface area (Å²) in [5.41, 5.74) is 3.42. The van der Waals surface area contributed by atoms with Crippen molar-refractivity contribution in [3.05, 3.63) is 57.0 Å². The van der Waals surface area contributed by atoms with Crippen LogP contribution in [0, 0.1) is 0 Å². The molecule has 0 aromatic heterocycles. The van der Waals surface area contributed by atoms with Gasteiger partial charge in [-0.1, -0.05) is 29.8 Å². The van der Waals surface area contributed by atoms with Crippen molar-refractivity contribution in [1.82, 2.24) is 5.43 Å². The van der Waals surface area contributed by atoms with Crippen LogP contribution in [-0.2, 0) is 19.1 Å². The van der Waals surface area contributed by atoms with Crippen molar-refractivity contribution in [3.8, 4) is 11.5 Å². The highest BCUT2D eigenvalue weighted by Crippen LogP contribution is 2.43. The van der Waals surface area contributed by atoms with Crippen LogP contribution in [0.25, 0.3) is 6.08 Å². The molecule has 0 aliphatic carbocycles. The number of hydrogen-bond donors (Lipinski definition) is 1. The normalized spacial score (nSPS) is 14.6. The average Bonchev–Trinajstić information content (AvgIpc) is 3.05. The van der Waals surface area contributed by atoms with Crippen molar-refractivity contribution in [2.45, 2.75) is 26.9 Å². The van der Waals surface area contributed by atoms with Crippen molar-refractivity contribution in [2.24, 2.45) is 0 Å². The number of rotatable bonds is 8. The molecule has 33 heavy (non-hydrogen) atoms. The van der Waals surface area contributed by atoms with Crippen molar-refractivity contribution in [2.75, 3.05) is 18.2 Å². The van der Waals surface area contributed by atoms with Gasteiger partial charge in [-0.25, -0.2) is 9.80 Å². The topological polar surface area (TPSA) is 94.2 Å². The van der Waals surface area contributed by atoms with Crippen LogP contribution in [0.15, 0.2) is 46.4 Å². The summed E-state index contributed by atoms with van der Waals surface area (Å²) < 4.78 is 16.6. The van der Waals surface area contributed by atoms with Gasteiger partial charge in [-0.05, 0) is 66.5 Å². The highest BCUT2D eigenvalue weighted by Gasteiger charge is 2.34. The fraction of sp³-hybridized carbons (Fsp3) is 0.261. The van der Waals surface area contributed by atoms with E-state index in [1.807, 2.05) is 6.07 Å². The molecule has 174 valence electrons. The van der Waals surface area contributed by atoms with Crippen LogP contribution < -0.4 is 19.9 Å². The van der Waals surface area contributed by atoms with Gasteiger partial charge in [-0.3, -0.25) is 15.0 Å². The Kier molecular flexibility index (Phi) is 7.99. The van der Waals surface area contributed by atoms with E-state index in [0.717, 1.165) is 0 Å². The van der Waals surface area contributed by atoms with Gasteiger partial charge in [-0.15, -0.1) is 0 Å². The van der Waals surface area contributed by atoms with Gasteiger partial charge in [-0.2, -0.15) is 0 Å². The van der Waals surface area contributed by atoms with Gasteiger partial charge in [0.05, 0.1) is 18.4 Å². The number of ether oxygens (including phenoxy) is 3. The van der Waals surface area contributed by atoms with E-state index in [0.29, 0.717) is 22.3 Å². The fourth-order valence-electron chi connectivity index (χ4n) is 3.01. The lowest BCUT2D eigenvalue weighted by Gasteiger charge is -2.16. The number of para-hydroxylation sites is 1. The Balaban J connectivity index is 1.93. The molecule has 2 aromatic rings. The lowest BCUT2D eigenvalue weighted by molar-refractivity contribution is -0.149.